The van der Waals surface area contributed by atoms with Gasteiger partial charge in [-0.2, -0.15) is 0 Å². The second-order valence-electron chi connectivity index (χ2n) is 4.55. The molecule has 0 unspecified atom stereocenters. The van der Waals surface area contributed by atoms with Crippen molar-refractivity contribution in [3.05, 3.63) is 46.9 Å². The average molecular weight is 383 g/mol. The molecule has 0 fully saturated rings. The number of nitrogens with zero attached hydrogens (tertiary/aromatic N) is 1. The highest BCUT2D eigenvalue weighted by molar-refractivity contribution is 9.10. The van der Waals surface area contributed by atoms with Crippen LogP contribution in [0.1, 0.15) is 0 Å². The Hall–Kier alpha value is -1.44. The molecule has 1 aromatic heterocycles. The van der Waals surface area contributed by atoms with Gasteiger partial charge in [-0.25, -0.2) is 13.4 Å². The van der Waals surface area contributed by atoms with Gasteiger partial charge in [0.2, 0.25) is 0 Å². The largest absolute Gasteiger partial charge is 0.332 e. The smallest absolute Gasteiger partial charge is 0.188 e. The number of hydrogen-bond donors (Lipinski definition) is 1. The number of halogens is 1. The number of fused-ring (bicyclic) bond motifs is 1. The first-order chi connectivity index (χ1) is 9.91. The molecular weight excluding hydrogens is 372 g/mol. The molecule has 0 radical (unpaired) electrons. The van der Waals surface area contributed by atoms with E-state index in [-0.39, 0.29) is 0 Å². The molecule has 2 aromatic carbocycles. The highest BCUT2D eigenvalue weighted by Gasteiger charge is 2.08. The lowest BCUT2D eigenvalue weighted by Gasteiger charge is -2.03. The number of rotatable bonds is 3. The molecule has 0 bridgehead atoms. The third-order valence-electron chi connectivity index (χ3n) is 2.88. The Bertz CT molecular complexity index is 902. The summed E-state index contributed by atoms with van der Waals surface area (Å²) in [5.74, 6) is 0. The molecule has 0 amide bonds. The Labute approximate surface area is 134 Å². The SMILES string of the molecule is CS(=O)(=O)c1ccc(Nc2nc3ccc(Br)cc3s2)cc1. The molecule has 4 nitrogen and oxygen atoms in total. The van der Waals surface area contributed by atoms with E-state index in [0.29, 0.717) is 4.90 Å². The van der Waals surface area contributed by atoms with Gasteiger partial charge in [0.1, 0.15) is 0 Å². The summed E-state index contributed by atoms with van der Waals surface area (Å²) in [5, 5.41) is 3.96. The second kappa shape index (κ2) is 5.40. The Kier molecular flexibility index (Phi) is 3.73. The van der Waals surface area contributed by atoms with Crippen LogP contribution in [0.25, 0.3) is 10.2 Å². The topological polar surface area (TPSA) is 59.1 Å². The fraction of sp³-hybridized carbons (Fsp3) is 0.0714. The molecule has 0 atom stereocenters. The van der Waals surface area contributed by atoms with Crippen LogP contribution in [0, 0.1) is 0 Å². The zero-order valence-corrected chi connectivity index (χ0v) is 14.2. The van der Waals surface area contributed by atoms with Crippen LogP contribution in [0.2, 0.25) is 0 Å². The van der Waals surface area contributed by atoms with Gasteiger partial charge < -0.3 is 5.32 Å². The van der Waals surface area contributed by atoms with E-state index in [1.54, 1.807) is 35.6 Å². The predicted octanol–water partition coefficient (Wildman–Crippen LogP) is 4.21. The number of hydrogen-bond acceptors (Lipinski definition) is 5. The third kappa shape index (κ3) is 3.25. The summed E-state index contributed by atoms with van der Waals surface area (Å²) in [4.78, 5) is 4.80. The van der Waals surface area contributed by atoms with Gasteiger partial charge in [0.05, 0.1) is 15.1 Å². The normalized spacial score (nSPS) is 11.7. The number of sulfone groups is 1. The Morgan fingerprint density at radius 3 is 2.52 bits per heavy atom. The lowest BCUT2D eigenvalue weighted by Crippen LogP contribution is -1.97. The molecule has 1 heterocycles. The van der Waals surface area contributed by atoms with Crippen LogP contribution >= 0.6 is 27.3 Å². The molecule has 0 aliphatic rings. The maximum absolute atomic E-state index is 11.4. The van der Waals surface area contributed by atoms with E-state index in [0.717, 1.165) is 25.5 Å². The Balaban J connectivity index is 1.88. The second-order valence-corrected chi connectivity index (χ2v) is 8.51. The predicted molar refractivity (Wildman–Crippen MR) is 90.2 cm³/mol. The van der Waals surface area contributed by atoms with Crippen molar-refractivity contribution < 1.29 is 8.42 Å². The van der Waals surface area contributed by atoms with E-state index in [4.69, 9.17) is 0 Å². The van der Waals surface area contributed by atoms with E-state index >= 15 is 0 Å². The van der Waals surface area contributed by atoms with Gasteiger partial charge in [-0.1, -0.05) is 27.3 Å². The Morgan fingerprint density at radius 1 is 1.14 bits per heavy atom. The van der Waals surface area contributed by atoms with Crippen molar-refractivity contribution in [2.45, 2.75) is 4.90 Å². The molecule has 3 aromatic rings. The van der Waals surface area contributed by atoms with Gasteiger partial charge in [-0.15, -0.1) is 0 Å². The number of nitrogens with one attached hydrogen (secondary N) is 1. The zero-order valence-electron chi connectivity index (χ0n) is 11.0. The molecule has 108 valence electrons. The summed E-state index contributed by atoms with van der Waals surface area (Å²) in [7, 11) is -3.16. The summed E-state index contributed by atoms with van der Waals surface area (Å²) < 4.78 is 24.9. The van der Waals surface area contributed by atoms with Gasteiger partial charge in [-0.05, 0) is 42.5 Å². The van der Waals surface area contributed by atoms with Crippen LogP contribution in [-0.4, -0.2) is 19.7 Å². The van der Waals surface area contributed by atoms with E-state index in [2.05, 4.69) is 26.2 Å². The van der Waals surface area contributed by atoms with Gasteiger partial charge in [0.15, 0.2) is 15.0 Å². The summed E-state index contributed by atoms with van der Waals surface area (Å²) in [5.41, 5.74) is 1.74. The molecule has 21 heavy (non-hydrogen) atoms. The first-order valence-corrected chi connectivity index (χ1v) is 9.55. The summed E-state index contributed by atoms with van der Waals surface area (Å²) in [6.07, 6.45) is 1.20. The van der Waals surface area contributed by atoms with Gasteiger partial charge in [-0.3, -0.25) is 0 Å². The zero-order chi connectivity index (χ0) is 15.0. The van der Waals surface area contributed by atoms with Gasteiger partial charge in [0.25, 0.3) is 0 Å². The van der Waals surface area contributed by atoms with Crippen LogP contribution in [0.5, 0.6) is 0 Å². The van der Waals surface area contributed by atoms with Crippen LogP contribution in [0.15, 0.2) is 51.8 Å². The number of aromatic nitrogens is 1. The highest BCUT2D eigenvalue weighted by atomic mass is 79.9. The molecule has 0 saturated carbocycles. The van der Waals surface area contributed by atoms with Crippen molar-refractivity contribution in [3.8, 4) is 0 Å². The number of benzene rings is 2. The Morgan fingerprint density at radius 2 is 1.86 bits per heavy atom. The number of anilines is 2. The van der Waals surface area contributed by atoms with Crippen molar-refractivity contribution in [2.24, 2.45) is 0 Å². The van der Waals surface area contributed by atoms with Crippen molar-refractivity contribution in [1.29, 1.82) is 0 Å². The van der Waals surface area contributed by atoms with E-state index < -0.39 is 9.84 Å². The molecule has 0 aliphatic heterocycles. The fourth-order valence-electron chi connectivity index (χ4n) is 1.86. The molecule has 0 saturated heterocycles. The minimum absolute atomic E-state index is 0.307. The maximum atomic E-state index is 11.4. The van der Waals surface area contributed by atoms with E-state index in [1.165, 1.54) is 6.26 Å². The molecule has 0 spiro atoms. The lowest BCUT2D eigenvalue weighted by molar-refractivity contribution is 0.602. The van der Waals surface area contributed by atoms with E-state index in [9.17, 15) is 8.42 Å². The summed E-state index contributed by atoms with van der Waals surface area (Å²) >= 11 is 4.98. The summed E-state index contributed by atoms with van der Waals surface area (Å²) in [6, 6.07) is 12.6. The standard InChI is InChI=1S/C14H11BrN2O2S2/c1-21(18,19)11-5-3-10(4-6-11)16-14-17-12-7-2-9(15)8-13(12)20-14/h2-8H,1H3,(H,16,17). The minimum atomic E-state index is -3.16. The average Bonchev–Trinajstić information content (AvgIpc) is 2.79. The first kappa shape index (κ1) is 14.5. The summed E-state index contributed by atoms with van der Waals surface area (Å²) in [6.45, 7) is 0. The minimum Gasteiger partial charge on any atom is -0.332 e. The quantitative estimate of drug-likeness (QED) is 0.736. The monoisotopic (exact) mass is 382 g/mol. The van der Waals surface area contributed by atoms with Crippen LogP contribution in [0.3, 0.4) is 0 Å². The number of thiazole rings is 1. The molecule has 7 heteroatoms. The fourth-order valence-corrected chi connectivity index (χ4v) is 3.93. The molecule has 0 aliphatic carbocycles. The van der Waals surface area contributed by atoms with Crippen LogP contribution < -0.4 is 5.32 Å². The molecule has 3 rings (SSSR count). The van der Waals surface area contributed by atoms with Crippen molar-refractivity contribution in [1.82, 2.24) is 4.98 Å². The van der Waals surface area contributed by atoms with Gasteiger partial charge in [0, 0.05) is 16.4 Å². The third-order valence-corrected chi connectivity index (χ3v) is 5.44. The van der Waals surface area contributed by atoms with Crippen LogP contribution in [0.4, 0.5) is 10.8 Å². The van der Waals surface area contributed by atoms with Crippen molar-refractivity contribution in [3.63, 3.8) is 0 Å². The highest BCUT2D eigenvalue weighted by Crippen LogP contribution is 2.30. The van der Waals surface area contributed by atoms with Gasteiger partial charge >= 0.3 is 0 Å². The van der Waals surface area contributed by atoms with E-state index in [1.807, 2.05) is 18.2 Å². The van der Waals surface area contributed by atoms with Crippen molar-refractivity contribution in [2.75, 3.05) is 11.6 Å². The maximum Gasteiger partial charge on any atom is 0.188 e. The lowest BCUT2D eigenvalue weighted by atomic mass is 10.3. The first-order valence-electron chi connectivity index (χ1n) is 6.05. The molecule has 1 N–H and O–H groups in total. The molecular formula is C14H11BrN2O2S2. The van der Waals surface area contributed by atoms with Crippen molar-refractivity contribution >= 4 is 58.1 Å². The van der Waals surface area contributed by atoms with Crippen LogP contribution in [-0.2, 0) is 9.84 Å².